The van der Waals surface area contributed by atoms with Crippen LogP contribution in [0.15, 0.2) is 102 Å². The fraction of sp³-hybridized carbons (Fsp3) is 0.229. The summed E-state index contributed by atoms with van der Waals surface area (Å²) in [5, 5.41) is 4.32. The number of hydrogen-bond acceptors (Lipinski definition) is 4. The summed E-state index contributed by atoms with van der Waals surface area (Å²) in [6.45, 7) is 5.04. The van der Waals surface area contributed by atoms with Gasteiger partial charge in [0.05, 0.1) is 23.4 Å². The third-order valence-electron chi connectivity index (χ3n) is 7.69. The van der Waals surface area contributed by atoms with Gasteiger partial charge in [-0.25, -0.2) is 0 Å². The normalized spacial score (nSPS) is 19.2. The van der Waals surface area contributed by atoms with E-state index < -0.39 is 0 Å². The maximum Gasteiger partial charge on any atom is 0.180 e. The summed E-state index contributed by atoms with van der Waals surface area (Å²) < 4.78 is 11.9. The predicted octanol–water partition coefficient (Wildman–Crippen LogP) is 9.20. The summed E-state index contributed by atoms with van der Waals surface area (Å²) in [4.78, 5) is 4.73. The zero-order chi connectivity index (χ0) is 27.5. The van der Waals surface area contributed by atoms with Gasteiger partial charge in [0.25, 0.3) is 0 Å². The fourth-order valence-electron chi connectivity index (χ4n) is 5.76. The minimum atomic E-state index is 0.268. The van der Waals surface area contributed by atoms with E-state index in [1.807, 2.05) is 55.6 Å². The average molecular weight is 549 g/mol. The van der Waals surface area contributed by atoms with Crippen LogP contribution in [0.3, 0.4) is 0 Å². The molecule has 4 aromatic rings. The molecular weight excluding hydrogens is 516 g/mol. The van der Waals surface area contributed by atoms with E-state index in [0.29, 0.717) is 41.6 Å². The van der Waals surface area contributed by atoms with Gasteiger partial charge < -0.3 is 14.8 Å². The third kappa shape index (κ3) is 5.50. The van der Waals surface area contributed by atoms with Gasteiger partial charge in [-0.2, -0.15) is 0 Å². The van der Waals surface area contributed by atoms with Crippen LogP contribution in [0.25, 0.3) is 0 Å². The Morgan fingerprint density at radius 2 is 1.80 bits per heavy atom. The van der Waals surface area contributed by atoms with E-state index in [4.69, 9.17) is 26.1 Å². The van der Waals surface area contributed by atoms with Crippen LogP contribution in [0.1, 0.15) is 53.1 Å². The first-order valence-electron chi connectivity index (χ1n) is 13.9. The Morgan fingerprint density at radius 3 is 2.60 bits per heavy atom. The highest BCUT2D eigenvalue weighted by Crippen LogP contribution is 2.50. The fourth-order valence-corrected chi connectivity index (χ4v) is 6.03. The Kier molecular flexibility index (Phi) is 7.61. The van der Waals surface area contributed by atoms with Gasteiger partial charge >= 0.3 is 0 Å². The summed E-state index contributed by atoms with van der Waals surface area (Å²) in [6, 6.07) is 29.3. The van der Waals surface area contributed by atoms with Gasteiger partial charge in [-0.05, 0) is 78.8 Å². The second kappa shape index (κ2) is 11.6. The minimum Gasteiger partial charge on any atom is -0.490 e. The molecule has 0 aromatic heterocycles. The Labute approximate surface area is 241 Å². The molecule has 3 atom stereocenters. The number of nitrogens with zero attached hydrogens (tertiary/aromatic N) is 1. The molecule has 0 fully saturated rings. The second-order valence-corrected chi connectivity index (χ2v) is 10.9. The van der Waals surface area contributed by atoms with Crippen LogP contribution in [-0.2, 0) is 6.61 Å². The number of halogens is 1. The minimum absolute atomic E-state index is 0.268. The van der Waals surface area contributed by atoms with Gasteiger partial charge in [0.2, 0.25) is 0 Å². The predicted molar refractivity (Wildman–Crippen MR) is 165 cm³/mol. The van der Waals surface area contributed by atoms with Crippen molar-refractivity contribution in [2.75, 3.05) is 11.9 Å². The number of aliphatic imine (C=N–C) groups is 1. The molecule has 1 aliphatic carbocycles. The van der Waals surface area contributed by atoms with E-state index in [-0.39, 0.29) is 6.04 Å². The highest BCUT2D eigenvalue weighted by molar-refractivity contribution is 6.32. The van der Waals surface area contributed by atoms with Gasteiger partial charge in [0, 0.05) is 17.8 Å². The highest BCUT2D eigenvalue weighted by atomic mass is 35.5. The molecule has 4 aromatic carbocycles. The largest absolute Gasteiger partial charge is 0.490 e. The molecule has 40 heavy (non-hydrogen) atoms. The van der Waals surface area contributed by atoms with Crippen molar-refractivity contribution in [1.29, 1.82) is 0 Å². The number of benzene rings is 4. The molecule has 0 spiro atoms. The number of rotatable bonds is 8. The number of ether oxygens (including phenoxy) is 2. The summed E-state index contributed by atoms with van der Waals surface area (Å²) in [7, 11) is 0. The van der Waals surface area contributed by atoms with Gasteiger partial charge in [0.15, 0.2) is 11.5 Å². The molecule has 1 heterocycles. The lowest BCUT2D eigenvalue weighted by atomic mass is 9.76. The number of allylic oxidation sites excluding steroid dienone is 2. The molecule has 1 aliphatic heterocycles. The molecule has 1 N–H and O–H groups in total. The Bertz CT molecular complexity index is 1550. The average Bonchev–Trinajstić information content (AvgIpc) is 3.47. The van der Waals surface area contributed by atoms with Gasteiger partial charge in [-0.15, -0.1) is 0 Å². The summed E-state index contributed by atoms with van der Waals surface area (Å²) in [5.41, 5.74) is 8.05. The molecule has 5 heteroatoms. The van der Waals surface area contributed by atoms with Crippen LogP contribution >= 0.6 is 11.6 Å². The quantitative estimate of drug-likeness (QED) is 0.176. The molecule has 0 unspecified atom stereocenters. The Balaban J connectivity index is 1.18. The standard InChI is InChI=1S/C35H33ClN2O2/c1-3-39-33-20-25(19-31(36)35(33)40-22-24-8-5-4-6-9-24)21-37-27-15-13-26(14-16-27)34-29-11-7-10-28(29)30-18-23(2)12-17-32(30)38-34/h4-10,12-21,28-29,34,38H,3,11,22H2,1-2H3/t28-,29-,34-/m0/s1. The van der Waals surface area contributed by atoms with E-state index in [9.17, 15) is 0 Å². The van der Waals surface area contributed by atoms with Crippen LogP contribution < -0.4 is 14.8 Å². The molecule has 0 saturated carbocycles. The maximum absolute atomic E-state index is 6.64. The van der Waals surface area contributed by atoms with Crippen LogP contribution in [0, 0.1) is 12.8 Å². The number of hydrogen-bond donors (Lipinski definition) is 1. The molecule has 0 radical (unpaired) electrons. The molecule has 2 aliphatic rings. The van der Waals surface area contributed by atoms with Crippen molar-refractivity contribution < 1.29 is 9.47 Å². The summed E-state index contributed by atoms with van der Waals surface area (Å²) in [6.07, 6.45) is 7.62. The van der Waals surface area contributed by atoms with E-state index >= 15 is 0 Å². The van der Waals surface area contributed by atoms with Crippen molar-refractivity contribution in [1.82, 2.24) is 0 Å². The molecule has 6 rings (SSSR count). The maximum atomic E-state index is 6.64. The molecule has 0 saturated heterocycles. The number of anilines is 1. The highest BCUT2D eigenvalue weighted by Gasteiger charge is 2.37. The number of fused-ring (bicyclic) bond motifs is 3. The van der Waals surface area contributed by atoms with Crippen LogP contribution in [-0.4, -0.2) is 12.8 Å². The van der Waals surface area contributed by atoms with Crippen molar-refractivity contribution in [2.24, 2.45) is 10.9 Å². The van der Waals surface area contributed by atoms with Crippen molar-refractivity contribution in [3.8, 4) is 11.5 Å². The first-order valence-corrected chi connectivity index (χ1v) is 14.3. The van der Waals surface area contributed by atoms with Gasteiger partial charge in [0.1, 0.15) is 6.61 Å². The smallest absolute Gasteiger partial charge is 0.180 e. The topological polar surface area (TPSA) is 42.8 Å². The van der Waals surface area contributed by atoms with Crippen LogP contribution in [0.2, 0.25) is 5.02 Å². The molecular formula is C35H33ClN2O2. The van der Waals surface area contributed by atoms with Crippen LogP contribution in [0.5, 0.6) is 11.5 Å². The van der Waals surface area contributed by atoms with Crippen molar-refractivity contribution >= 4 is 29.2 Å². The lowest BCUT2D eigenvalue weighted by molar-refractivity contribution is 0.269. The van der Waals surface area contributed by atoms with Crippen molar-refractivity contribution in [3.63, 3.8) is 0 Å². The molecule has 4 nitrogen and oxygen atoms in total. The van der Waals surface area contributed by atoms with Gasteiger partial charge in [-0.3, -0.25) is 4.99 Å². The van der Waals surface area contributed by atoms with Crippen molar-refractivity contribution in [3.05, 3.63) is 130 Å². The first-order chi connectivity index (χ1) is 19.6. The van der Waals surface area contributed by atoms with E-state index in [0.717, 1.165) is 23.2 Å². The molecule has 0 amide bonds. The number of aryl methyl sites for hydroxylation is 1. The molecule has 0 bridgehead atoms. The summed E-state index contributed by atoms with van der Waals surface area (Å²) in [5.74, 6) is 2.14. The lowest BCUT2D eigenvalue weighted by Crippen LogP contribution is -2.29. The van der Waals surface area contributed by atoms with E-state index in [1.165, 1.54) is 22.4 Å². The zero-order valence-electron chi connectivity index (χ0n) is 22.8. The third-order valence-corrected chi connectivity index (χ3v) is 7.97. The monoisotopic (exact) mass is 548 g/mol. The lowest BCUT2D eigenvalue weighted by Gasteiger charge is -2.37. The first kappa shape index (κ1) is 26.2. The Hall–Kier alpha value is -4.02. The second-order valence-electron chi connectivity index (χ2n) is 10.5. The number of nitrogens with one attached hydrogen (secondary N) is 1. The van der Waals surface area contributed by atoms with Crippen molar-refractivity contribution in [2.45, 2.75) is 38.8 Å². The van der Waals surface area contributed by atoms with E-state index in [2.05, 4.69) is 66.9 Å². The Morgan fingerprint density at radius 1 is 0.975 bits per heavy atom. The van der Waals surface area contributed by atoms with E-state index in [1.54, 1.807) is 0 Å². The SMILES string of the molecule is CCOc1cc(C=Nc2ccc([C@@H]3Nc4ccc(C)cc4[C@H]4C=CC[C@@H]43)cc2)cc(Cl)c1OCc1ccccc1. The summed E-state index contributed by atoms with van der Waals surface area (Å²) >= 11 is 6.64. The zero-order valence-corrected chi connectivity index (χ0v) is 23.6. The van der Waals surface area contributed by atoms with Crippen LogP contribution in [0.4, 0.5) is 11.4 Å². The molecule has 202 valence electrons. The van der Waals surface area contributed by atoms with Gasteiger partial charge in [-0.1, -0.05) is 83.9 Å².